The highest BCUT2D eigenvalue weighted by Gasteiger charge is 2.30. The Kier molecular flexibility index (Phi) is 12.7. The van der Waals surface area contributed by atoms with E-state index in [1.165, 1.54) is 0 Å². The molecule has 0 bridgehead atoms. The molecule has 3 amide bonds. The summed E-state index contributed by atoms with van der Waals surface area (Å²) < 4.78 is 0. The summed E-state index contributed by atoms with van der Waals surface area (Å²) in [6, 6.07) is -3.87. The van der Waals surface area contributed by atoms with Crippen LogP contribution in [0.4, 0.5) is 0 Å². The van der Waals surface area contributed by atoms with Gasteiger partial charge in [-0.25, -0.2) is 4.79 Å². The van der Waals surface area contributed by atoms with E-state index in [1.807, 2.05) is 0 Å². The maximum atomic E-state index is 12.7. The number of nitrogens with two attached hydrogens (primary N) is 1. The fraction of sp³-hybridized carbons (Fsp3) is 0.737. The number of carboxylic acids is 2. The minimum absolute atomic E-state index is 0.00219. The van der Waals surface area contributed by atoms with Gasteiger partial charge in [0.15, 0.2) is 0 Å². The SMILES string of the molecule is NCCCCC(NC(=O)C(CS)NC(=O)C1CCCN1)C(=O)NC(CCC(=O)O)C(=O)O. The number of aliphatic carboxylic acids is 2. The number of thiol groups is 1. The van der Waals surface area contributed by atoms with Crippen LogP contribution in [-0.2, 0) is 24.0 Å². The largest absolute Gasteiger partial charge is 0.481 e. The predicted octanol–water partition coefficient (Wildman–Crippen LogP) is -1.80. The second kappa shape index (κ2) is 14.6. The van der Waals surface area contributed by atoms with Crippen molar-refractivity contribution in [2.75, 3.05) is 18.8 Å². The normalized spacial score (nSPS) is 18.2. The van der Waals surface area contributed by atoms with Crippen molar-refractivity contribution in [1.29, 1.82) is 0 Å². The number of rotatable bonds is 15. The van der Waals surface area contributed by atoms with Gasteiger partial charge in [0.25, 0.3) is 0 Å². The highest BCUT2D eigenvalue weighted by molar-refractivity contribution is 7.80. The highest BCUT2D eigenvalue weighted by Crippen LogP contribution is 2.07. The summed E-state index contributed by atoms with van der Waals surface area (Å²) >= 11 is 4.12. The lowest BCUT2D eigenvalue weighted by atomic mass is 10.1. The second-order valence-corrected chi connectivity index (χ2v) is 7.94. The number of carbonyl (C=O) groups excluding carboxylic acids is 3. The van der Waals surface area contributed by atoms with Crippen molar-refractivity contribution in [2.45, 2.75) is 69.1 Å². The van der Waals surface area contributed by atoms with Gasteiger partial charge in [-0.2, -0.15) is 12.6 Å². The third-order valence-corrected chi connectivity index (χ3v) is 5.40. The average molecular weight is 476 g/mol. The molecule has 4 atom stereocenters. The number of hydrogen-bond acceptors (Lipinski definition) is 8. The molecular weight excluding hydrogens is 442 g/mol. The number of carboxylic acid groups (broad SMARTS) is 2. The van der Waals surface area contributed by atoms with Gasteiger partial charge < -0.3 is 37.2 Å². The summed E-state index contributed by atoms with van der Waals surface area (Å²) in [5.41, 5.74) is 5.48. The Balaban J connectivity index is 2.80. The van der Waals surface area contributed by atoms with Crippen molar-refractivity contribution >= 4 is 42.3 Å². The molecule has 1 rings (SSSR count). The zero-order chi connectivity index (χ0) is 24.1. The molecule has 0 aromatic heterocycles. The van der Waals surface area contributed by atoms with Crippen LogP contribution in [0.25, 0.3) is 0 Å². The van der Waals surface area contributed by atoms with Crippen molar-refractivity contribution in [2.24, 2.45) is 5.73 Å². The Hall–Kier alpha value is -2.38. The smallest absolute Gasteiger partial charge is 0.326 e. The van der Waals surface area contributed by atoms with Gasteiger partial charge in [0.1, 0.15) is 18.1 Å². The molecule has 0 aromatic carbocycles. The summed E-state index contributed by atoms with van der Waals surface area (Å²) in [4.78, 5) is 59.8. The van der Waals surface area contributed by atoms with E-state index in [2.05, 4.69) is 33.9 Å². The standard InChI is InChI=1S/C19H33N5O7S/c20-8-2-1-4-12(17(28)23-13(19(30)31)6-7-15(25)26)22-18(29)14(10-32)24-16(27)11-5-3-9-21-11/h11-14,21,32H,1-10,20H2,(H,22,29)(H,23,28)(H,24,27)(H,25,26)(H,30,31). The fourth-order valence-electron chi connectivity index (χ4n) is 3.21. The van der Waals surface area contributed by atoms with E-state index >= 15 is 0 Å². The molecule has 1 heterocycles. The first-order valence-electron chi connectivity index (χ1n) is 10.6. The van der Waals surface area contributed by atoms with Gasteiger partial charge in [-0.3, -0.25) is 19.2 Å². The molecular formula is C19H33N5O7S. The van der Waals surface area contributed by atoms with Crippen molar-refractivity contribution in [3.05, 3.63) is 0 Å². The monoisotopic (exact) mass is 475 g/mol. The van der Waals surface area contributed by atoms with Gasteiger partial charge in [0.2, 0.25) is 17.7 Å². The lowest BCUT2D eigenvalue weighted by Crippen LogP contribution is -2.57. The van der Waals surface area contributed by atoms with E-state index in [4.69, 9.17) is 10.8 Å². The molecule has 0 spiro atoms. The van der Waals surface area contributed by atoms with Crippen LogP contribution in [0, 0.1) is 0 Å². The molecule has 0 saturated carbocycles. The van der Waals surface area contributed by atoms with Crippen LogP contribution < -0.4 is 27.0 Å². The predicted molar refractivity (Wildman–Crippen MR) is 118 cm³/mol. The Morgan fingerprint density at radius 3 is 2.16 bits per heavy atom. The van der Waals surface area contributed by atoms with E-state index in [1.54, 1.807) is 0 Å². The van der Waals surface area contributed by atoms with Crippen molar-refractivity contribution in [1.82, 2.24) is 21.3 Å². The van der Waals surface area contributed by atoms with Gasteiger partial charge >= 0.3 is 11.9 Å². The molecule has 12 nitrogen and oxygen atoms in total. The summed E-state index contributed by atoms with van der Waals surface area (Å²) in [5, 5.41) is 28.5. The van der Waals surface area contributed by atoms with E-state index in [0.29, 0.717) is 32.4 Å². The first-order valence-corrected chi connectivity index (χ1v) is 11.2. The molecule has 0 aliphatic carbocycles. The van der Waals surface area contributed by atoms with Crippen LogP contribution in [0.5, 0.6) is 0 Å². The third-order valence-electron chi connectivity index (χ3n) is 5.03. The van der Waals surface area contributed by atoms with Crippen LogP contribution >= 0.6 is 12.6 Å². The number of amides is 3. The first kappa shape index (κ1) is 27.7. The van der Waals surface area contributed by atoms with Gasteiger partial charge in [0.05, 0.1) is 6.04 Å². The molecule has 182 valence electrons. The topological polar surface area (TPSA) is 200 Å². The molecule has 32 heavy (non-hydrogen) atoms. The lowest BCUT2D eigenvalue weighted by molar-refractivity contribution is -0.143. The Bertz CT molecular complexity index is 672. The van der Waals surface area contributed by atoms with Gasteiger partial charge in [-0.1, -0.05) is 0 Å². The van der Waals surface area contributed by atoms with Crippen LogP contribution in [-0.4, -0.2) is 82.9 Å². The molecule has 1 saturated heterocycles. The van der Waals surface area contributed by atoms with Crippen LogP contribution in [0.15, 0.2) is 0 Å². The van der Waals surface area contributed by atoms with Gasteiger partial charge in [-0.05, 0) is 51.6 Å². The fourth-order valence-corrected chi connectivity index (χ4v) is 3.46. The molecule has 1 aliphatic rings. The average Bonchev–Trinajstić information content (AvgIpc) is 3.28. The van der Waals surface area contributed by atoms with Crippen LogP contribution in [0.1, 0.15) is 44.9 Å². The number of nitrogens with one attached hydrogen (secondary N) is 4. The maximum absolute atomic E-state index is 12.7. The number of hydrogen-bond donors (Lipinski definition) is 8. The summed E-state index contributed by atoms with van der Waals surface area (Å²) in [7, 11) is 0. The zero-order valence-electron chi connectivity index (χ0n) is 17.8. The number of carbonyl (C=O) groups is 5. The summed E-state index contributed by atoms with van der Waals surface area (Å²) in [6.45, 7) is 1.09. The zero-order valence-corrected chi connectivity index (χ0v) is 18.7. The third kappa shape index (κ3) is 9.83. The maximum Gasteiger partial charge on any atom is 0.326 e. The Labute approximate surface area is 191 Å². The minimum atomic E-state index is -1.42. The van der Waals surface area contributed by atoms with E-state index in [-0.39, 0.29) is 30.5 Å². The Morgan fingerprint density at radius 2 is 1.62 bits per heavy atom. The molecule has 1 fully saturated rings. The summed E-state index contributed by atoms with van der Waals surface area (Å²) in [6.07, 6.45) is 2.04. The highest BCUT2D eigenvalue weighted by atomic mass is 32.1. The van der Waals surface area contributed by atoms with E-state index in [9.17, 15) is 29.1 Å². The molecule has 4 unspecified atom stereocenters. The minimum Gasteiger partial charge on any atom is -0.481 e. The quantitative estimate of drug-likeness (QED) is 0.0994. The van der Waals surface area contributed by atoms with Crippen molar-refractivity contribution in [3.63, 3.8) is 0 Å². The van der Waals surface area contributed by atoms with Crippen LogP contribution in [0.2, 0.25) is 0 Å². The van der Waals surface area contributed by atoms with Gasteiger partial charge in [0, 0.05) is 12.2 Å². The molecule has 8 N–H and O–H groups in total. The molecule has 13 heteroatoms. The van der Waals surface area contributed by atoms with Crippen molar-refractivity contribution < 1.29 is 34.2 Å². The van der Waals surface area contributed by atoms with E-state index < -0.39 is 48.3 Å². The second-order valence-electron chi connectivity index (χ2n) is 7.57. The lowest BCUT2D eigenvalue weighted by Gasteiger charge is -2.24. The molecule has 1 aliphatic heterocycles. The van der Waals surface area contributed by atoms with Gasteiger partial charge in [-0.15, -0.1) is 0 Å². The Morgan fingerprint density at radius 1 is 0.969 bits per heavy atom. The summed E-state index contributed by atoms with van der Waals surface area (Å²) in [5.74, 6) is -4.29. The molecule has 0 aromatic rings. The van der Waals surface area contributed by atoms with Crippen LogP contribution in [0.3, 0.4) is 0 Å². The van der Waals surface area contributed by atoms with Crippen molar-refractivity contribution in [3.8, 4) is 0 Å². The number of unbranched alkanes of at least 4 members (excludes halogenated alkanes) is 1. The van der Waals surface area contributed by atoms with E-state index in [0.717, 1.165) is 6.42 Å². The molecule has 0 radical (unpaired) electrons. The first-order chi connectivity index (χ1) is 15.2.